The minimum absolute atomic E-state index is 0.265. The van der Waals surface area contributed by atoms with Crippen LogP contribution < -0.4 is 5.32 Å². The van der Waals surface area contributed by atoms with Crippen molar-refractivity contribution in [3.05, 3.63) is 48.5 Å². The van der Waals surface area contributed by atoms with E-state index in [0.717, 1.165) is 18.4 Å². The lowest BCUT2D eigenvalue weighted by Crippen LogP contribution is -2.13. The highest BCUT2D eigenvalue weighted by Crippen LogP contribution is 2.36. The summed E-state index contributed by atoms with van der Waals surface area (Å²) in [5.41, 5.74) is 1.78. The molecule has 0 saturated heterocycles. The molecule has 0 spiro atoms. The first-order valence-corrected chi connectivity index (χ1v) is 7.27. The van der Waals surface area contributed by atoms with Crippen LogP contribution in [-0.2, 0) is 0 Å². The molecule has 0 aliphatic heterocycles. The summed E-state index contributed by atoms with van der Waals surface area (Å²) in [4.78, 5) is 20.0. The molecule has 0 atom stereocenters. The third-order valence-electron chi connectivity index (χ3n) is 3.56. The summed E-state index contributed by atoms with van der Waals surface area (Å²) in [6.45, 7) is 0. The summed E-state index contributed by atoms with van der Waals surface area (Å²) in [5, 5.41) is 14.7. The molecule has 1 aromatic carbocycles. The van der Waals surface area contributed by atoms with Crippen LogP contribution in [0.2, 0.25) is 0 Å². The van der Waals surface area contributed by atoms with E-state index >= 15 is 0 Å². The topological polar surface area (TPSA) is 98.5 Å². The van der Waals surface area contributed by atoms with Crippen molar-refractivity contribution in [3.8, 4) is 11.4 Å². The van der Waals surface area contributed by atoms with E-state index in [1.807, 2.05) is 28.9 Å². The predicted octanol–water partition coefficient (Wildman–Crippen LogP) is 1.72. The molecular weight excluding hydrogens is 294 g/mol. The molecule has 114 valence electrons. The summed E-state index contributed by atoms with van der Waals surface area (Å²) >= 11 is 0. The SMILES string of the molecule is O=C(Nc1cccc(-c2nnnn2C2CC2)c1)c1cnccn1. The predicted molar refractivity (Wildman–Crippen MR) is 81.5 cm³/mol. The zero-order chi connectivity index (χ0) is 15.6. The van der Waals surface area contributed by atoms with E-state index in [2.05, 4.69) is 30.8 Å². The lowest BCUT2D eigenvalue weighted by atomic mass is 10.2. The number of nitrogens with one attached hydrogen (secondary N) is 1. The Morgan fingerprint density at radius 1 is 1.26 bits per heavy atom. The Hall–Kier alpha value is -3.16. The molecule has 2 aromatic heterocycles. The minimum Gasteiger partial charge on any atom is -0.321 e. The van der Waals surface area contributed by atoms with Crippen LogP contribution in [0, 0.1) is 0 Å². The number of rotatable bonds is 4. The Morgan fingerprint density at radius 3 is 2.96 bits per heavy atom. The van der Waals surface area contributed by atoms with Crippen LogP contribution in [-0.4, -0.2) is 36.1 Å². The first kappa shape index (κ1) is 13.5. The van der Waals surface area contributed by atoms with Crippen molar-refractivity contribution >= 4 is 11.6 Å². The summed E-state index contributed by atoms with van der Waals surface area (Å²) in [6.07, 6.45) is 6.62. The van der Waals surface area contributed by atoms with E-state index in [9.17, 15) is 4.79 Å². The van der Waals surface area contributed by atoms with E-state index in [-0.39, 0.29) is 11.6 Å². The average Bonchev–Trinajstić information content (AvgIpc) is 3.32. The molecule has 1 aliphatic carbocycles. The van der Waals surface area contributed by atoms with Crippen molar-refractivity contribution in [2.24, 2.45) is 0 Å². The van der Waals surface area contributed by atoms with Crippen LogP contribution in [0.3, 0.4) is 0 Å². The van der Waals surface area contributed by atoms with Gasteiger partial charge in [0.1, 0.15) is 5.69 Å². The van der Waals surface area contributed by atoms with Gasteiger partial charge in [-0.2, -0.15) is 0 Å². The van der Waals surface area contributed by atoms with Crippen molar-refractivity contribution in [1.82, 2.24) is 30.2 Å². The van der Waals surface area contributed by atoms with Crippen molar-refractivity contribution < 1.29 is 4.79 Å². The van der Waals surface area contributed by atoms with Crippen LogP contribution in [0.15, 0.2) is 42.9 Å². The number of hydrogen-bond acceptors (Lipinski definition) is 6. The van der Waals surface area contributed by atoms with Gasteiger partial charge >= 0.3 is 0 Å². The van der Waals surface area contributed by atoms with Gasteiger partial charge in [0.25, 0.3) is 5.91 Å². The third-order valence-corrected chi connectivity index (χ3v) is 3.56. The fraction of sp³-hybridized carbons (Fsp3) is 0.200. The molecule has 8 nitrogen and oxygen atoms in total. The molecule has 0 bridgehead atoms. The highest BCUT2D eigenvalue weighted by atomic mass is 16.1. The second-order valence-electron chi connectivity index (χ2n) is 5.30. The van der Waals surface area contributed by atoms with Gasteiger partial charge < -0.3 is 5.32 Å². The van der Waals surface area contributed by atoms with E-state index in [4.69, 9.17) is 0 Å². The molecule has 0 unspecified atom stereocenters. The van der Waals surface area contributed by atoms with Crippen LogP contribution in [0.5, 0.6) is 0 Å². The van der Waals surface area contributed by atoms with E-state index in [1.165, 1.54) is 18.6 Å². The molecule has 0 radical (unpaired) electrons. The molecule has 23 heavy (non-hydrogen) atoms. The number of anilines is 1. The number of benzene rings is 1. The Bertz CT molecular complexity index is 842. The fourth-order valence-corrected chi connectivity index (χ4v) is 2.30. The molecule has 1 fully saturated rings. The summed E-state index contributed by atoms with van der Waals surface area (Å²) in [5.74, 6) is 0.403. The molecule has 8 heteroatoms. The molecular formula is C15H13N7O. The standard InChI is InChI=1S/C15H13N7O/c23-15(13-9-16-6-7-17-13)18-11-3-1-2-10(8-11)14-19-20-21-22(14)12-4-5-12/h1-3,6-9,12H,4-5H2,(H,18,23). The molecule has 1 aliphatic rings. The van der Waals surface area contributed by atoms with E-state index in [0.29, 0.717) is 17.6 Å². The van der Waals surface area contributed by atoms with Gasteiger partial charge in [-0.25, -0.2) is 9.67 Å². The van der Waals surface area contributed by atoms with Crippen LogP contribution in [0.25, 0.3) is 11.4 Å². The summed E-state index contributed by atoms with van der Waals surface area (Å²) < 4.78 is 1.84. The Kier molecular flexibility index (Phi) is 3.26. The zero-order valence-corrected chi connectivity index (χ0v) is 12.1. The van der Waals surface area contributed by atoms with Gasteiger partial charge in [0.2, 0.25) is 0 Å². The van der Waals surface area contributed by atoms with Gasteiger partial charge in [-0.15, -0.1) is 5.10 Å². The first-order chi connectivity index (χ1) is 11.3. The second kappa shape index (κ2) is 5.56. The molecule has 2 heterocycles. The second-order valence-corrected chi connectivity index (χ2v) is 5.30. The third kappa shape index (κ3) is 2.78. The fourth-order valence-electron chi connectivity index (χ4n) is 2.30. The highest BCUT2D eigenvalue weighted by molar-refractivity contribution is 6.02. The Labute approximate surface area is 131 Å². The maximum atomic E-state index is 12.1. The summed E-state index contributed by atoms with van der Waals surface area (Å²) in [6, 6.07) is 7.82. The number of amides is 1. The van der Waals surface area contributed by atoms with Crippen LogP contribution in [0.1, 0.15) is 29.4 Å². The smallest absolute Gasteiger partial charge is 0.275 e. The van der Waals surface area contributed by atoms with E-state index < -0.39 is 0 Å². The molecule has 1 amide bonds. The lowest BCUT2D eigenvalue weighted by molar-refractivity contribution is 0.102. The summed E-state index contributed by atoms with van der Waals surface area (Å²) in [7, 11) is 0. The van der Waals surface area contributed by atoms with Gasteiger partial charge in [-0.1, -0.05) is 12.1 Å². The van der Waals surface area contributed by atoms with E-state index in [1.54, 1.807) is 0 Å². The molecule has 1 saturated carbocycles. The van der Waals surface area contributed by atoms with Gasteiger partial charge in [-0.05, 0) is 35.4 Å². The maximum Gasteiger partial charge on any atom is 0.275 e. The van der Waals surface area contributed by atoms with Gasteiger partial charge in [-0.3, -0.25) is 9.78 Å². The van der Waals surface area contributed by atoms with Crippen molar-refractivity contribution in [2.75, 3.05) is 5.32 Å². The Balaban J connectivity index is 1.59. The number of aromatic nitrogens is 6. The lowest BCUT2D eigenvalue weighted by Gasteiger charge is -2.07. The van der Waals surface area contributed by atoms with Gasteiger partial charge in [0.05, 0.1) is 12.2 Å². The number of hydrogen-bond donors (Lipinski definition) is 1. The molecule has 3 aromatic rings. The number of carbonyl (C=O) groups excluding carboxylic acids is 1. The Morgan fingerprint density at radius 2 is 2.17 bits per heavy atom. The molecule has 4 rings (SSSR count). The largest absolute Gasteiger partial charge is 0.321 e. The van der Waals surface area contributed by atoms with Crippen LogP contribution in [0.4, 0.5) is 5.69 Å². The van der Waals surface area contributed by atoms with Crippen LogP contribution >= 0.6 is 0 Å². The number of tetrazole rings is 1. The van der Waals surface area contributed by atoms with Crippen molar-refractivity contribution in [1.29, 1.82) is 0 Å². The first-order valence-electron chi connectivity index (χ1n) is 7.27. The zero-order valence-electron chi connectivity index (χ0n) is 12.1. The maximum absolute atomic E-state index is 12.1. The average molecular weight is 307 g/mol. The quantitative estimate of drug-likeness (QED) is 0.788. The normalized spacial score (nSPS) is 13.7. The van der Waals surface area contributed by atoms with Crippen molar-refractivity contribution in [2.45, 2.75) is 18.9 Å². The molecule has 1 N–H and O–H groups in total. The monoisotopic (exact) mass is 307 g/mol. The minimum atomic E-state index is -0.308. The highest BCUT2D eigenvalue weighted by Gasteiger charge is 2.28. The van der Waals surface area contributed by atoms with Crippen molar-refractivity contribution in [3.63, 3.8) is 0 Å². The number of nitrogens with zero attached hydrogens (tertiary/aromatic N) is 6. The van der Waals surface area contributed by atoms with Gasteiger partial charge in [0, 0.05) is 23.6 Å². The van der Waals surface area contributed by atoms with Gasteiger partial charge in [0.15, 0.2) is 5.82 Å². The number of carbonyl (C=O) groups is 1.